The quantitative estimate of drug-likeness (QED) is 0.133. The van der Waals surface area contributed by atoms with Gasteiger partial charge in [0.2, 0.25) is 0 Å². The van der Waals surface area contributed by atoms with E-state index >= 15 is 0 Å². The molecule has 3 saturated heterocycles. The van der Waals surface area contributed by atoms with Gasteiger partial charge in [-0.25, -0.2) is 0 Å². The number of epoxide rings is 1. The molecule has 0 bridgehead atoms. The van der Waals surface area contributed by atoms with Crippen LogP contribution in [0.15, 0.2) is 0 Å². The molecule has 0 unspecified atom stereocenters. The van der Waals surface area contributed by atoms with Gasteiger partial charge in [-0.3, -0.25) is 0 Å². The molecule has 0 saturated carbocycles. The minimum Gasteiger partial charge on any atom is -0.390 e. The van der Waals surface area contributed by atoms with Crippen molar-refractivity contribution >= 4 is 8.07 Å². The Morgan fingerprint density at radius 3 is 2.32 bits per heavy atom. The Bertz CT molecular complexity index is 736. The van der Waals surface area contributed by atoms with E-state index in [1.165, 1.54) is 0 Å². The first-order valence-electron chi connectivity index (χ1n) is 14.2. The molecule has 3 aliphatic heterocycles. The van der Waals surface area contributed by atoms with Gasteiger partial charge in [-0.2, -0.15) is 0 Å². The average molecular weight is 547 g/mol. The molecule has 3 aliphatic rings. The number of ether oxygens (including phenoxy) is 6. The summed E-state index contributed by atoms with van der Waals surface area (Å²) >= 11 is 0. The summed E-state index contributed by atoms with van der Waals surface area (Å²) in [6, 6.07) is 1.09. The lowest BCUT2D eigenvalue weighted by Crippen LogP contribution is -2.44. The Labute approximate surface area is 225 Å². The molecule has 0 aromatic rings. The Morgan fingerprint density at radius 2 is 1.70 bits per heavy atom. The first-order chi connectivity index (χ1) is 16.9. The van der Waals surface area contributed by atoms with Crippen LogP contribution in [0, 0.1) is 0 Å². The molecule has 3 rings (SSSR count). The van der Waals surface area contributed by atoms with E-state index in [9.17, 15) is 10.2 Å². The van der Waals surface area contributed by atoms with Crippen molar-refractivity contribution in [1.82, 2.24) is 0 Å². The third kappa shape index (κ3) is 9.22. The van der Waals surface area contributed by atoms with Crippen LogP contribution in [-0.4, -0.2) is 91.4 Å². The monoisotopic (exact) mass is 546 g/mol. The highest BCUT2D eigenvalue weighted by atomic mass is 28.3. The highest BCUT2D eigenvalue weighted by molar-refractivity contribution is 6.76. The molecule has 0 amide bonds. The maximum Gasteiger partial charge on any atom is 0.164 e. The van der Waals surface area contributed by atoms with Crippen LogP contribution in [0.1, 0.15) is 80.1 Å². The van der Waals surface area contributed by atoms with Gasteiger partial charge in [-0.15, -0.1) is 0 Å². The molecule has 8 nitrogen and oxygen atoms in total. The summed E-state index contributed by atoms with van der Waals surface area (Å²) in [7, 11) is -1.12. The average Bonchev–Trinajstić information content (AvgIpc) is 3.08. The highest BCUT2D eigenvalue weighted by Gasteiger charge is 2.54. The second-order valence-corrected chi connectivity index (χ2v) is 19.7. The minimum absolute atomic E-state index is 0.0343. The normalized spacial score (nSPS) is 35.4. The molecular weight excluding hydrogens is 492 g/mol. The van der Waals surface area contributed by atoms with Crippen molar-refractivity contribution in [3.63, 3.8) is 0 Å². The zero-order valence-electron chi connectivity index (χ0n) is 24.8. The van der Waals surface area contributed by atoms with Gasteiger partial charge >= 0.3 is 0 Å². The van der Waals surface area contributed by atoms with Gasteiger partial charge in [0.25, 0.3) is 0 Å². The first kappa shape index (κ1) is 31.4. The van der Waals surface area contributed by atoms with Crippen LogP contribution in [0.2, 0.25) is 25.7 Å². The van der Waals surface area contributed by atoms with Crippen molar-refractivity contribution in [2.24, 2.45) is 0 Å². The molecule has 0 aromatic carbocycles. The molecule has 9 heteroatoms. The lowest BCUT2D eigenvalue weighted by Gasteiger charge is -2.30. The molecule has 218 valence electrons. The fraction of sp³-hybridized carbons (Fsp3) is 1.00. The van der Waals surface area contributed by atoms with Gasteiger partial charge in [0.15, 0.2) is 5.79 Å². The minimum atomic E-state index is -1.12. The van der Waals surface area contributed by atoms with Crippen LogP contribution in [0.3, 0.4) is 0 Å². The summed E-state index contributed by atoms with van der Waals surface area (Å²) in [5.41, 5.74) is -1.62. The van der Waals surface area contributed by atoms with Gasteiger partial charge in [-0.1, -0.05) is 19.6 Å². The van der Waals surface area contributed by atoms with Gasteiger partial charge in [0.05, 0.1) is 48.3 Å². The van der Waals surface area contributed by atoms with E-state index in [2.05, 4.69) is 40.4 Å². The topological polar surface area (TPSA) is 99.1 Å². The molecule has 7 atom stereocenters. The number of hydrogen-bond acceptors (Lipinski definition) is 8. The number of aliphatic hydroxyl groups is 2. The van der Waals surface area contributed by atoms with Crippen LogP contribution >= 0.6 is 0 Å². The maximum absolute atomic E-state index is 10.9. The van der Waals surface area contributed by atoms with E-state index in [4.69, 9.17) is 28.4 Å². The fourth-order valence-electron chi connectivity index (χ4n) is 5.66. The van der Waals surface area contributed by atoms with Crippen LogP contribution < -0.4 is 0 Å². The summed E-state index contributed by atoms with van der Waals surface area (Å²) in [5.74, 6) is -0.556. The molecule has 0 aliphatic carbocycles. The number of rotatable bonds is 15. The predicted molar refractivity (Wildman–Crippen MR) is 145 cm³/mol. The van der Waals surface area contributed by atoms with Gasteiger partial charge in [0.1, 0.15) is 12.4 Å². The first-order valence-corrected chi connectivity index (χ1v) is 17.9. The third-order valence-corrected chi connectivity index (χ3v) is 9.81. The Balaban J connectivity index is 1.32. The predicted octanol–water partition coefficient (Wildman–Crippen LogP) is 4.62. The fourth-order valence-corrected chi connectivity index (χ4v) is 6.41. The van der Waals surface area contributed by atoms with Gasteiger partial charge in [-0.05, 0) is 86.1 Å². The van der Waals surface area contributed by atoms with Crippen molar-refractivity contribution in [3.8, 4) is 0 Å². The van der Waals surface area contributed by atoms with Crippen molar-refractivity contribution in [2.75, 3.05) is 20.0 Å². The molecule has 0 spiro atoms. The van der Waals surface area contributed by atoms with Gasteiger partial charge in [0, 0.05) is 14.7 Å². The Kier molecular flexibility index (Phi) is 10.0. The third-order valence-electron chi connectivity index (χ3n) is 8.11. The largest absolute Gasteiger partial charge is 0.390 e. The van der Waals surface area contributed by atoms with Crippen LogP contribution in [-0.2, 0) is 28.4 Å². The molecule has 3 fully saturated rings. The molecule has 37 heavy (non-hydrogen) atoms. The molecule has 2 N–H and O–H groups in total. The van der Waals surface area contributed by atoms with E-state index in [-0.39, 0.29) is 49.0 Å². The number of hydrogen-bond donors (Lipinski definition) is 2. The molecule has 0 aromatic heterocycles. The second-order valence-electron chi connectivity index (χ2n) is 14.1. The summed E-state index contributed by atoms with van der Waals surface area (Å²) in [6.07, 6.45) is 3.54. The number of aliphatic hydroxyl groups excluding tert-OH is 1. The van der Waals surface area contributed by atoms with E-state index in [1.807, 2.05) is 13.8 Å². The summed E-state index contributed by atoms with van der Waals surface area (Å²) in [5, 5.41) is 21.7. The van der Waals surface area contributed by atoms with Crippen molar-refractivity contribution < 1.29 is 38.6 Å². The Hall–Kier alpha value is -0.103. The lowest BCUT2D eigenvalue weighted by molar-refractivity contribution is -0.163. The van der Waals surface area contributed by atoms with Crippen LogP contribution in [0.4, 0.5) is 0 Å². The zero-order chi connectivity index (χ0) is 27.7. The summed E-state index contributed by atoms with van der Waals surface area (Å²) in [6.45, 7) is 19.9. The molecule has 0 radical (unpaired) electrons. The van der Waals surface area contributed by atoms with Crippen LogP contribution in [0.25, 0.3) is 0 Å². The summed E-state index contributed by atoms with van der Waals surface area (Å²) < 4.78 is 35.4. The smallest absolute Gasteiger partial charge is 0.164 e. The SMILES string of the molecule is CC1(C)O[C@H](CC[C@@]2(C)O[C@@H]2CC[C@@H](O)[C@@H]2CC[C@@H]([C@](C)(O)COCOCC[Si](C)(C)C)O2)C(C)(C)O1. The highest BCUT2D eigenvalue weighted by Crippen LogP contribution is 2.46. The lowest BCUT2D eigenvalue weighted by atomic mass is 9.91. The van der Waals surface area contributed by atoms with E-state index in [0.717, 1.165) is 31.7 Å². The Morgan fingerprint density at radius 1 is 1.00 bits per heavy atom. The standard InChI is InChI=1S/C28H54O8Si/c1-25(2)22(34-26(3,4)36-25)14-15-28(6)24(35-28)12-10-20(29)21-11-13-23(33-21)27(5,30)18-32-19-31-16-17-37(7,8)9/h20-24,29-30H,10-19H2,1-9H3/t20-,21+,22-,23+,24-,27-,28-/m1/s1. The molecule has 3 heterocycles. The van der Waals surface area contributed by atoms with E-state index in [1.54, 1.807) is 6.92 Å². The van der Waals surface area contributed by atoms with Crippen LogP contribution in [0.5, 0.6) is 0 Å². The van der Waals surface area contributed by atoms with E-state index < -0.39 is 25.6 Å². The van der Waals surface area contributed by atoms with Crippen molar-refractivity contribution in [3.05, 3.63) is 0 Å². The van der Waals surface area contributed by atoms with Gasteiger partial charge < -0.3 is 38.6 Å². The van der Waals surface area contributed by atoms with E-state index in [0.29, 0.717) is 19.4 Å². The maximum atomic E-state index is 10.9. The zero-order valence-corrected chi connectivity index (χ0v) is 25.8. The summed E-state index contributed by atoms with van der Waals surface area (Å²) in [4.78, 5) is 0. The second kappa shape index (κ2) is 11.8. The van der Waals surface area contributed by atoms with Crippen molar-refractivity contribution in [2.45, 2.75) is 159 Å². The van der Waals surface area contributed by atoms with Crippen molar-refractivity contribution in [1.29, 1.82) is 0 Å². The molecular formula is C28H54O8Si.